The first kappa shape index (κ1) is 23.5. The summed E-state index contributed by atoms with van der Waals surface area (Å²) in [5.74, 6) is 1.07. The molecule has 0 saturated heterocycles. The maximum Gasteiger partial charge on any atom is 0.140 e. The highest BCUT2D eigenvalue weighted by Crippen LogP contribution is 2.25. The minimum atomic E-state index is 0.846. The molecule has 0 unspecified atom stereocenters. The molecule has 0 amide bonds. The third kappa shape index (κ3) is 6.21. The van der Waals surface area contributed by atoms with Crippen LogP contribution in [0.2, 0.25) is 0 Å². The Balaban J connectivity index is 1.66. The number of hydrogen-bond acceptors (Lipinski definition) is 2. The minimum Gasteiger partial charge on any atom is -0.327 e. The van der Waals surface area contributed by atoms with Crippen molar-refractivity contribution < 1.29 is 0 Å². The molecule has 170 valence electrons. The van der Waals surface area contributed by atoms with Crippen molar-refractivity contribution in [3.05, 3.63) is 112 Å². The van der Waals surface area contributed by atoms with Gasteiger partial charge in [-0.3, -0.25) is 4.90 Å². The van der Waals surface area contributed by atoms with Crippen LogP contribution < -0.4 is 0 Å². The second-order valence-corrected chi connectivity index (χ2v) is 9.52. The molecule has 3 aromatic carbocycles. The predicted octanol–water partition coefficient (Wildman–Crippen LogP) is 7.62. The van der Waals surface area contributed by atoms with Crippen LogP contribution in [0.15, 0.2) is 89.5 Å². The molecule has 0 radical (unpaired) electrons. The van der Waals surface area contributed by atoms with Crippen molar-refractivity contribution in [2.24, 2.45) is 0 Å². The smallest absolute Gasteiger partial charge is 0.140 e. The summed E-state index contributed by atoms with van der Waals surface area (Å²) in [6.45, 7) is 8.00. The first-order chi connectivity index (χ1) is 16.1. The quantitative estimate of drug-likeness (QED) is 0.222. The van der Waals surface area contributed by atoms with Crippen LogP contribution in [0.4, 0.5) is 0 Å². The van der Waals surface area contributed by atoms with E-state index in [0.29, 0.717) is 0 Å². The van der Waals surface area contributed by atoms with Crippen molar-refractivity contribution >= 4 is 15.9 Å². The van der Waals surface area contributed by atoms with Crippen LogP contribution in [0.1, 0.15) is 42.1 Å². The Morgan fingerprint density at radius 1 is 0.879 bits per heavy atom. The summed E-state index contributed by atoms with van der Waals surface area (Å²) >= 11 is 3.77. The summed E-state index contributed by atoms with van der Waals surface area (Å²) in [4.78, 5) is 7.38. The molecule has 0 fully saturated rings. The highest BCUT2D eigenvalue weighted by Gasteiger charge is 2.16. The number of benzene rings is 3. The van der Waals surface area contributed by atoms with Crippen LogP contribution in [0.25, 0.3) is 11.4 Å². The highest BCUT2D eigenvalue weighted by molar-refractivity contribution is 9.10. The van der Waals surface area contributed by atoms with Gasteiger partial charge in [-0.25, -0.2) is 4.98 Å². The summed E-state index contributed by atoms with van der Waals surface area (Å²) in [5.41, 5.74) is 6.36. The Morgan fingerprint density at radius 3 is 2.33 bits per heavy atom. The number of aryl methyl sites for hydroxylation is 1. The lowest BCUT2D eigenvalue weighted by molar-refractivity contribution is 0.240. The van der Waals surface area contributed by atoms with E-state index in [9.17, 15) is 0 Å². The lowest BCUT2D eigenvalue weighted by Crippen LogP contribution is -2.24. The molecule has 4 rings (SSSR count). The zero-order chi connectivity index (χ0) is 23.0. The third-order valence-electron chi connectivity index (χ3n) is 5.94. The van der Waals surface area contributed by atoms with Crippen LogP contribution in [-0.2, 0) is 26.2 Å². The predicted molar refractivity (Wildman–Crippen MR) is 141 cm³/mol. The SMILES string of the molecule is CCCCn1c(CN(Cc2ccccc2)Cc2cc(C)ccc2Br)cnc1-c1ccccc1. The van der Waals surface area contributed by atoms with Crippen molar-refractivity contribution in [3.8, 4) is 11.4 Å². The van der Waals surface area contributed by atoms with Gasteiger partial charge in [0, 0.05) is 36.2 Å². The largest absolute Gasteiger partial charge is 0.327 e. The molecule has 4 heteroatoms. The Bertz CT molecular complexity index is 1150. The van der Waals surface area contributed by atoms with Gasteiger partial charge in [-0.2, -0.15) is 0 Å². The van der Waals surface area contributed by atoms with Crippen molar-refractivity contribution in [2.75, 3.05) is 0 Å². The fraction of sp³-hybridized carbons (Fsp3) is 0.276. The lowest BCUT2D eigenvalue weighted by Gasteiger charge is -2.24. The van der Waals surface area contributed by atoms with E-state index in [4.69, 9.17) is 4.98 Å². The van der Waals surface area contributed by atoms with E-state index in [-0.39, 0.29) is 0 Å². The Labute approximate surface area is 206 Å². The van der Waals surface area contributed by atoms with Gasteiger partial charge in [0.05, 0.1) is 11.9 Å². The van der Waals surface area contributed by atoms with E-state index < -0.39 is 0 Å². The molecule has 0 saturated carbocycles. The number of halogens is 1. The molecule has 0 aliphatic carbocycles. The summed E-state index contributed by atoms with van der Waals surface area (Å²) in [5, 5.41) is 0. The molecule has 0 bridgehead atoms. The average molecular weight is 503 g/mol. The third-order valence-corrected chi connectivity index (χ3v) is 6.71. The summed E-state index contributed by atoms with van der Waals surface area (Å²) in [7, 11) is 0. The lowest BCUT2D eigenvalue weighted by atomic mass is 10.1. The Morgan fingerprint density at radius 2 is 1.61 bits per heavy atom. The normalized spacial score (nSPS) is 11.3. The van der Waals surface area contributed by atoms with Crippen LogP contribution in [0.5, 0.6) is 0 Å². The number of nitrogens with zero attached hydrogens (tertiary/aromatic N) is 3. The van der Waals surface area contributed by atoms with Crippen LogP contribution in [-0.4, -0.2) is 14.5 Å². The van der Waals surface area contributed by atoms with Crippen LogP contribution >= 0.6 is 15.9 Å². The molecule has 1 aromatic heterocycles. The molecule has 33 heavy (non-hydrogen) atoms. The number of rotatable bonds is 10. The summed E-state index contributed by atoms with van der Waals surface area (Å²) < 4.78 is 3.58. The Kier molecular flexibility index (Phi) is 8.14. The molecule has 4 aromatic rings. The first-order valence-electron chi connectivity index (χ1n) is 11.7. The molecular formula is C29H32BrN3. The van der Waals surface area contributed by atoms with E-state index in [0.717, 1.165) is 49.3 Å². The molecule has 0 N–H and O–H groups in total. The van der Waals surface area contributed by atoms with E-state index in [1.54, 1.807) is 0 Å². The average Bonchev–Trinajstić information content (AvgIpc) is 3.23. The van der Waals surface area contributed by atoms with Crippen LogP contribution in [0.3, 0.4) is 0 Å². The van der Waals surface area contributed by atoms with E-state index >= 15 is 0 Å². The van der Waals surface area contributed by atoms with Gasteiger partial charge < -0.3 is 4.57 Å². The molecule has 0 aliphatic rings. The maximum absolute atomic E-state index is 4.87. The number of unbranched alkanes of at least 4 members (excludes halogenated alkanes) is 1. The maximum atomic E-state index is 4.87. The van der Waals surface area contributed by atoms with Crippen molar-refractivity contribution in [1.82, 2.24) is 14.5 Å². The van der Waals surface area contributed by atoms with E-state index in [1.165, 1.54) is 27.9 Å². The standard InChI is InChI=1S/C29H32BrN3/c1-3-4-17-33-27(19-31-29(33)25-13-9-6-10-14-25)22-32(20-24-11-7-5-8-12-24)21-26-18-23(2)15-16-28(26)30/h5-16,18-19H,3-4,17,20-22H2,1-2H3. The van der Waals surface area contributed by atoms with Crippen molar-refractivity contribution in [1.29, 1.82) is 0 Å². The summed E-state index contributed by atoms with van der Waals surface area (Å²) in [6.07, 6.45) is 4.38. The fourth-order valence-electron chi connectivity index (χ4n) is 4.22. The van der Waals surface area contributed by atoms with Gasteiger partial charge in [0.25, 0.3) is 0 Å². The first-order valence-corrected chi connectivity index (χ1v) is 12.5. The number of imidazole rings is 1. The summed E-state index contributed by atoms with van der Waals surface area (Å²) in [6, 6.07) is 27.9. The molecule has 0 atom stereocenters. The van der Waals surface area contributed by atoms with Gasteiger partial charge in [-0.05, 0) is 30.5 Å². The molecule has 0 aliphatic heterocycles. The number of hydrogen-bond donors (Lipinski definition) is 0. The van der Waals surface area contributed by atoms with Gasteiger partial charge in [-0.1, -0.05) is 108 Å². The topological polar surface area (TPSA) is 21.1 Å². The van der Waals surface area contributed by atoms with E-state index in [2.05, 4.69) is 124 Å². The van der Waals surface area contributed by atoms with E-state index in [1.807, 2.05) is 0 Å². The van der Waals surface area contributed by atoms with Gasteiger partial charge in [0.1, 0.15) is 5.82 Å². The van der Waals surface area contributed by atoms with Gasteiger partial charge in [0.2, 0.25) is 0 Å². The fourth-order valence-corrected chi connectivity index (χ4v) is 4.60. The molecule has 3 nitrogen and oxygen atoms in total. The number of aromatic nitrogens is 2. The minimum absolute atomic E-state index is 0.846. The molecule has 0 spiro atoms. The zero-order valence-corrected chi connectivity index (χ0v) is 21.1. The molecule has 1 heterocycles. The molecular weight excluding hydrogens is 470 g/mol. The van der Waals surface area contributed by atoms with Gasteiger partial charge in [0.15, 0.2) is 0 Å². The van der Waals surface area contributed by atoms with Gasteiger partial charge in [-0.15, -0.1) is 0 Å². The highest BCUT2D eigenvalue weighted by atomic mass is 79.9. The zero-order valence-electron chi connectivity index (χ0n) is 19.5. The van der Waals surface area contributed by atoms with Gasteiger partial charge >= 0.3 is 0 Å². The van der Waals surface area contributed by atoms with Crippen molar-refractivity contribution in [2.45, 2.75) is 52.9 Å². The monoisotopic (exact) mass is 501 g/mol. The second kappa shape index (κ2) is 11.4. The van der Waals surface area contributed by atoms with Crippen molar-refractivity contribution in [3.63, 3.8) is 0 Å². The van der Waals surface area contributed by atoms with Crippen LogP contribution in [0, 0.1) is 6.92 Å². The second-order valence-electron chi connectivity index (χ2n) is 8.67. The Hall–Kier alpha value is -2.69.